The van der Waals surface area contributed by atoms with E-state index in [-0.39, 0.29) is 12.1 Å². The zero-order chi connectivity index (χ0) is 13.2. The molecule has 5 heteroatoms. The Kier molecular flexibility index (Phi) is 3.92. The fourth-order valence-corrected chi connectivity index (χ4v) is 2.13. The van der Waals surface area contributed by atoms with Gasteiger partial charge in [-0.3, -0.25) is 0 Å². The third-order valence-electron chi connectivity index (χ3n) is 3.19. The van der Waals surface area contributed by atoms with Gasteiger partial charge in [-0.1, -0.05) is 12.1 Å². The summed E-state index contributed by atoms with van der Waals surface area (Å²) in [6.07, 6.45) is -1.42. The molecule has 0 bridgehead atoms. The highest BCUT2D eigenvalue weighted by molar-refractivity contribution is 5.24. The predicted molar refractivity (Wildman–Crippen MR) is 61.8 cm³/mol. The maximum Gasteiger partial charge on any atom is 0.416 e. The van der Waals surface area contributed by atoms with Gasteiger partial charge in [-0.25, -0.2) is 0 Å². The molecule has 0 heterocycles. The lowest BCUT2D eigenvalue weighted by Crippen LogP contribution is -2.17. The van der Waals surface area contributed by atoms with Crippen LogP contribution in [0.1, 0.15) is 30.4 Å². The van der Waals surface area contributed by atoms with Crippen molar-refractivity contribution in [1.82, 2.24) is 0 Å². The molecule has 18 heavy (non-hydrogen) atoms. The minimum absolute atomic E-state index is 0.141. The standard InChI is InChI=1S/C13H16F3NO/c14-13(15,16)10-3-1-9(2-4-10)8-18-12-6-5-11(17)7-12/h1-4,11-12H,5-8,17H2. The van der Waals surface area contributed by atoms with Gasteiger partial charge in [0.2, 0.25) is 0 Å². The molecule has 2 nitrogen and oxygen atoms in total. The van der Waals surface area contributed by atoms with Crippen molar-refractivity contribution in [3.8, 4) is 0 Å². The fourth-order valence-electron chi connectivity index (χ4n) is 2.13. The van der Waals surface area contributed by atoms with E-state index < -0.39 is 11.7 Å². The Morgan fingerprint density at radius 3 is 2.33 bits per heavy atom. The lowest BCUT2D eigenvalue weighted by molar-refractivity contribution is -0.137. The van der Waals surface area contributed by atoms with Gasteiger partial charge in [0.05, 0.1) is 18.3 Å². The summed E-state index contributed by atoms with van der Waals surface area (Å²) in [6, 6.07) is 5.27. The molecule has 0 saturated heterocycles. The Labute approximate surface area is 104 Å². The quantitative estimate of drug-likeness (QED) is 0.905. The lowest BCUT2D eigenvalue weighted by atomic mass is 10.1. The number of hydrogen-bond donors (Lipinski definition) is 1. The average molecular weight is 259 g/mol. The summed E-state index contributed by atoms with van der Waals surface area (Å²) in [5.74, 6) is 0. The molecule has 0 amide bonds. The first-order chi connectivity index (χ1) is 8.45. The third kappa shape index (κ3) is 3.46. The van der Waals surface area contributed by atoms with Crippen LogP contribution in [0.2, 0.25) is 0 Å². The predicted octanol–water partition coefficient (Wildman–Crippen LogP) is 3.10. The molecule has 1 aromatic rings. The van der Waals surface area contributed by atoms with Crippen LogP contribution in [0.5, 0.6) is 0 Å². The van der Waals surface area contributed by atoms with Crippen molar-refractivity contribution in [2.24, 2.45) is 5.73 Å². The highest BCUT2D eigenvalue weighted by Crippen LogP contribution is 2.29. The van der Waals surface area contributed by atoms with Crippen LogP contribution in [0.4, 0.5) is 13.2 Å². The Bertz CT molecular complexity index is 388. The Hall–Kier alpha value is -1.07. The van der Waals surface area contributed by atoms with Gasteiger partial charge >= 0.3 is 6.18 Å². The molecule has 2 rings (SSSR count). The zero-order valence-electron chi connectivity index (χ0n) is 9.91. The number of nitrogens with two attached hydrogens (primary N) is 1. The summed E-state index contributed by atoms with van der Waals surface area (Å²) in [4.78, 5) is 0. The molecule has 1 fully saturated rings. The fraction of sp³-hybridized carbons (Fsp3) is 0.538. The van der Waals surface area contributed by atoms with Gasteiger partial charge in [0.15, 0.2) is 0 Å². The van der Waals surface area contributed by atoms with Crippen molar-refractivity contribution in [2.45, 2.75) is 44.2 Å². The van der Waals surface area contributed by atoms with Gasteiger partial charge in [0.1, 0.15) is 0 Å². The van der Waals surface area contributed by atoms with E-state index in [1.165, 1.54) is 12.1 Å². The third-order valence-corrected chi connectivity index (χ3v) is 3.19. The van der Waals surface area contributed by atoms with Gasteiger partial charge in [0.25, 0.3) is 0 Å². The zero-order valence-corrected chi connectivity index (χ0v) is 9.91. The summed E-state index contributed by atoms with van der Waals surface area (Å²) in [6.45, 7) is 0.343. The minimum Gasteiger partial charge on any atom is -0.373 e. The van der Waals surface area contributed by atoms with Crippen LogP contribution in [-0.4, -0.2) is 12.1 Å². The Morgan fingerprint density at radius 1 is 1.17 bits per heavy atom. The number of alkyl halides is 3. The van der Waals surface area contributed by atoms with E-state index in [2.05, 4.69) is 0 Å². The Morgan fingerprint density at radius 2 is 1.83 bits per heavy atom. The van der Waals surface area contributed by atoms with E-state index >= 15 is 0 Å². The lowest BCUT2D eigenvalue weighted by Gasteiger charge is -2.12. The van der Waals surface area contributed by atoms with Gasteiger partial charge in [0, 0.05) is 6.04 Å². The summed E-state index contributed by atoms with van der Waals surface area (Å²) >= 11 is 0. The van der Waals surface area contributed by atoms with Gasteiger partial charge < -0.3 is 10.5 Å². The summed E-state index contributed by atoms with van der Waals surface area (Å²) in [7, 11) is 0. The van der Waals surface area contributed by atoms with E-state index in [0.29, 0.717) is 6.61 Å². The largest absolute Gasteiger partial charge is 0.416 e. The molecule has 1 saturated carbocycles. The van der Waals surface area contributed by atoms with Crippen LogP contribution in [-0.2, 0) is 17.5 Å². The summed E-state index contributed by atoms with van der Waals surface area (Å²) in [5.41, 5.74) is 5.88. The van der Waals surface area contributed by atoms with Crippen LogP contribution in [0.3, 0.4) is 0 Å². The van der Waals surface area contributed by atoms with Gasteiger partial charge in [-0.2, -0.15) is 13.2 Å². The minimum atomic E-state index is -4.28. The van der Waals surface area contributed by atoms with Crippen molar-refractivity contribution in [3.63, 3.8) is 0 Å². The van der Waals surface area contributed by atoms with E-state index in [1.54, 1.807) is 0 Å². The maximum atomic E-state index is 12.3. The van der Waals surface area contributed by atoms with E-state index in [9.17, 15) is 13.2 Å². The summed E-state index contributed by atoms with van der Waals surface area (Å²) < 4.78 is 42.7. The Balaban J connectivity index is 1.87. The van der Waals surface area contributed by atoms with Crippen molar-refractivity contribution in [3.05, 3.63) is 35.4 Å². The first kappa shape index (κ1) is 13.4. The van der Waals surface area contributed by atoms with E-state index in [1.807, 2.05) is 0 Å². The van der Waals surface area contributed by atoms with Crippen LogP contribution in [0, 0.1) is 0 Å². The molecular weight excluding hydrogens is 243 g/mol. The number of ether oxygens (including phenoxy) is 1. The molecular formula is C13H16F3NO. The average Bonchev–Trinajstić information content (AvgIpc) is 2.72. The smallest absolute Gasteiger partial charge is 0.373 e. The van der Waals surface area contributed by atoms with Crippen LogP contribution < -0.4 is 5.73 Å². The molecule has 1 aliphatic rings. The number of benzene rings is 1. The second-order valence-electron chi connectivity index (χ2n) is 4.70. The first-order valence-electron chi connectivity index (χ1n) is 5.98. The van der Waals surface area contributed by atoms with Crippen LogP contribution in [0.15, 0.2) is 24.3 Å². The normalized spacial score (nSPS) is 24.4. The van der Waals surface area contributed by atoms with Crippen molar-refractivity contribution >= 4 is 0 Å². The molecule has 0 aromatic heterocycles. The molecule has 2 unspecified atom stereocenters. The summed E-state index contributed by atoms with van der Waals surface area (Å²) in [5, 5.41) is 0. The molecule has 100 valence electrons. The van der Waals surface area contributed by atoms with Gasteiger partial charge in [-0.15, -0.1) is 0 Å². The molecule has 0 aliphatic heterocycles. The molecule has 1 aliphatic carbocycles. The molecule has 2 atom stereocenters. The number of hydrogen-bond acceptors (Lipinski definition) is 2. The molecule has 2 N–H and O–H groups in total. The van der Waals surface area contributed by atoms with Crippen molar-refractivity contribution in [2.75, 3.05) is 0 Å². The van der Waals surface area contributed by atoms with Gasteiger partial charge in [-0.05, 0) is 37.0 Å². The van der Waals surface area contributed by atoms with Crippen molar-refractivity contribution in [1.29, 1.82) is 0 Å². The van der Waals surface area contributed by atoms with Crippen molar-refractivity contribution < 1.29 is 17.9 Å². The first-order valence-corrected chi connectivity index (χ1v) is 5.98. The second kappa shape index (κ2) is 5.28. The number of rotatable bonds is 3. The molecule has 0 radical (unpaired) electrons. The van der Waals surface area contributed by atoms with Crippen LogP contribution >= 0.6 is 0 Å². The van der Waals surface area contributed by atoms with E-state index in [0.717, 1.165) is 37.0 Å². The monoisotopic (exact) mass is 259 g/mol. The maximum absolute atomic E-state index is 12.3. The number of halogens is 3. The van der Waals surface area contributed by atoms with E-state index in [4.69, 9.17) is 10.5 Å². The molecule has 0 spiro atoms. The van der Waals surface area contributed by atoms with Crippen LogP contribution in [0.25, 0.3) is 0 Å². The molecule has 1 aromatic carbocycles. The topological polar surface area (TPSA) is 35.2 Å². The SMILES string of the molecule is NC1CCC(OCc2ccc(C(F)(F)F)cc2)C1. The second-order valence-corrected chi connectivity index (χ2v) is 4.70. The highest BCUT2D eigenvalue weighted by Gasteiger charge is 2.30. The highest BCUT2D eigenvalue weighted by atomic mass is 19.4.